The van der Waals surface area contributed by atoms with Gasteiger partial charge < -0.3 is 0 Å². The first-order chi connectivity index (χ1) is 8.60. The van der Waals surface area contributed by atoms with E-state index in [0.717, 1.165) is 37.7 Å². The Labute approximate surface area is 110 Å². The van der Waals surface area contributed by atoms with Gasteiger partial charge in [0.15, 0.2) is 5.78 Å². The highest BCUT2D eigenvalue weighted by Crippen LogP contribution is 2.36. The first-order valence-corrected chi connectivity index (χ1v) is 6.91. The number of aryl methyl sites for hydroxylation is 1. The highest BCUT2D eigenvalue weighted by Gasteiger charge is 2.43. The maximum Gasteiger partial charge on any atom is 0.183 e. The van der Waals surface area contributed by atoms with Crippen molar-refractivity contribution in [3.63, 3.8) is 0 Å². The molecule has 0 saturated heterocycles. The highest BCUT2D eigenvalue weighted by molar-refractivity contribution is 6.03. The normalized spacial score (nSPS) is 18.2. The summed E-state index contributed by atoms with van der Waals surface area (Å²) >= 11 is 0. The Morgan fingerprint density at radius 3 is 2.17 bits per heavy atom. The van der Waals surface area contributed by atoms with Crippen LogP contribution < -0.4 is 0 Å². The zero-order chi connectivity index (χ0) is 13.2. The molecule has 1 aliphatic carbocycles. The van der Waals surface area contributed by atoms with Crippen molar-refractivity contribution >= 4 is 5.78 Å². The van der Waals surface area contributed by atoms with Crippen LogP contribution >= 0.6 is 0 Å². The quantitative estimate of drug-likeness (QED) is 0.759. The van der Waals surface area contributed by atoms with Crippen LogP contribution in [0.5, 0.6) is 0 Å². The van der Waals surface area contributed by atoms with Crippen molar-refractivity contribution in [2.75, 3.05) is 14.1 Å². The standard InChI is InChI=1S/C16H23NO/c1-4-13-7-9-14(10-8-13)15(18)16(17(2)3)11-5-6-12-16/h7-10H,4-6,11-12H2,1-3H3. The Morgan fingerprint density at radius 2 is 1.72 bits per heavy atom. The second-order valence-corrected chi connectivity index (χ2v) is 5.51. The molecule has 0 spiro atoms. The van der Waals surface area contributed by atoms with E-state index in [9.17, 15) is 4.79 Å². The summed E-state index contributed by atoms with van der Waals surface area (Å²) < 4.78 is 0. The van der Waals surface area contributed by atoms with Crippen molar-refractivity contribution in [3.8, 4) is 0 Å². The van der Waals surface area contributed by atoms with E-state index in [4.69, 9.17) is 0 Å². The summed E-state index contributed by atoms with van der Waals surface area (Å²) in [5.41, 5.74) is 1.90. The third-order valence-corrected chi connectivity index (χ3v) is 4.33. The van der Waals surface area contributed by atoms with Crippen LogP contribution in [-0.4, -0.2) is 30.3 Å². The average Bonchev–Trinajstić information content (AvgIpc) is 2.88. The zero-order valence-electron chi connectivity index (χ0n) is 11.7. The van der Waals surface area contributed by atoms with Gasteiger partial charge in [0.05, 0.1) is 5.54 Å². The van der Waals surface area contributed by atoms with Gasteiger partial charge in [0.25, 0.3) is 0 Å². The van der Waals surface area contributed by atoms with E-state index in [1.54, 1.807) is 0 Å². The van der Waals surface area contributed by atoms with Gasteiger partial charge in [-0.3, -0.25) is 9.69 Å². The number of hydrogen-bond donors (Lipinski definition) is 0. The third kappa shape index (κ3) is 2.22. The number of benzene rings is 1. The SMILES string of the molecule is CCc1ccc(C(=O)C2(N(C)C)CCCC2)cc1. The van der Waals surface area contributed by atoms with E-state index in [1.807, 2.05) is 26.2 Å². The second kappa shape index (κ2) is 5.23. The molecule has 1 aromatic carbocycles. The maximum atomic E-state index is 12.8. The largest absolute Gasteiger partial charge is 0.297 e. The van der Waals surface area contributed by atoms with Crippen LogP contribution in [0.2, 0.25) is 0 Å². The fourth-order valence-electron chi connectivity index (χ4n) is 3.00. The fourth-order valence-corrected chi connectivity index (χ4v) is 3.00. The lowest BCUT2D eigenvalue weighted by Crippen LogP contribution is -2.48. The summed E-state index contributed by atoms with van der Waals surface area (Å²) in [6.07, 6.45) is 5.34. The van der Waals surface area contributed by atoms with Crippen LogP contribution in [-0.2, 0) is 6.42 Å². The first kappa shape index (κ1) is 13.3. The number of Topliss-reactive ketones (excluding diaryl/α,β-unsaturated/α-hetero) is 1. The van der Waals surface area contributed by atoms with Gasteiger partial charge in [-0.2, -0.15) is 0 Å². The number of carbonyl (C=O) groups excluding carboxylic acids is 1. The van der Waals surface area contributed by atoms with Crippen molar-refractivity contribution < 1.29 is 4.79 Å². The molecule has 0 aromatic heterocycles. The molecule has 0 amide bonds. The lowest BCUT2D eigenvalue weighted by molar-refractivity contribution is 0.0693. The monoisotopic (exact) mass is 245 g/mol. The van der Waals surface area contributed by atoms with Crippen LogP contribution in [0.4, 0.5) is 0 Å². The van der Waals surface area contributed by atoms with Crippen LogP contribution in [0.25, 0.3) is 0 Å². The summed E-state index contributed by atoms with van der Waals surface area (Å²) in [5.74, 6) is 0.299. The van der Waals surface area contributed by atoms with E-state index in [0.29, 0.717) is 5.78 Å². The van der Waals surface area contributed by atoms with Crippen molar-refractivity contribution in [2.24, 2.45) is 0 Å². The molecular weight excluding hydrogens is 222 g/mol. The Balaban J connectivity index is 2.28. The molecule has 0 N–H and O–H groups in total. The van der Waals surface area contributed by atoms with E-state index in [-0.39, 0.29) is 5.54 Å². The summed E-state index contributed by atoms with van der Waals surface area (Å²) in [6.45, 7) is 2.13. The van der Waals surface area contributed by atoms with E-state index < -0.39 is 0 Å². The zero-order valence-corrected chi connectivity index (χ0v) is 11.7. The van der Waals surface area contributed by atoms with Gasteiger partial charge in [-0.15, -0.1) is 0 Å². The predicted octanol–water partition coefficient (Wildman–Crippen LogP) is 3.31. The summed E-state index contributed by atoms with van der Waals surface area (Å²) in [5, 5.41) is 0. The van der Waals surface area contributed by atoms with Gasteiger partial charge >= 0.3 is 0 Å². The Morgan fingerprint density at radius 1 is 1.17 bits per heavy atom. The smallest absolute Gasteiger partial charge is 0.183 e. The van der Waals surface area contributed by atoms with Gasteiger partial charge in [0.2, 0.25) is 0 Å². The minimum atomic E-state index is -0.256. The third-order valence-electron chi connectivity index (χ3n) is 4.33. The minimum Gasteiger partial charge on any atom is -0.297 e. The summed E-state index contributed by atoms with van der Waals surface area (Å²) in [7, 11) is 4.06. The van der Waals surface area contributed by atoms with E-state index >= 15 is 0 Å². The molecule has 0 bridgehead atoms. The molecule has 0 aliphatic heterocycles. The summed E-state index contributed by atoms with van der Waals surface area (Å²) in [6, 6.07) is 8.13. The molecule has 1 aliphatic rings. The molecule has 2 heteroatoms. The van der Waals surface area contributed by atoms with Crippen molar-refractivity contribution in [1.82, 2.24) is 4.90 Å². The Hall–Kier alpha value is -1.15. The molecule has 2 rings (SSSR count). The Bertz CT molecular complexity index is 413. The van der Waals surface area contributed by atoms with Crippen LogP contribution in [0, 0.1) is 0 Å². The van der Waals surface area contributed by atoms with Gasteiger partial charge in [-0.25, -0.2) is 0 Å². The second-order valence-electron chi connectivity index (χ2n) is 5.51. The van der Waals surface area contributed by atoms with E-state index in [1.165, 1.54) is 5.56 Å². The first-order valence-electron chi connectivity index (χ1n) is 6.91. The highest BCUT2D eigenvalue weighted by atomic mass is 16.1. The van der Waals surface area contributed by atoms with Gasteiger partial charge in [0.1, 0.15) is 0 Å². The molecule has 1 aromatic rings. The van der Waals surface area contributed by atoms with Crippen molar-refractivity contribution in [2.45, 2.75) is 44.6 Å². The lowest BCUT2D eigenvalue weighted by Gasteiger charge is -2.34. The molecule has 18 heavy (non-hydrogen) atoms. The van der Waals surface area contributed by atoms with E-state index in [2.05, 4.69) is 24.0 Å². The Kier molecular flexibility index (Phi) is 3.86. The molecule has 0 heterocycles. The predicted molar refractivity (Wildman–Crippen MR) is 75.0 cm³/mol. The number of rotatable bonds is 4. The number of ketones is 1. The molecule has 0 atom stereocenters. The number of likely N-dealkylation sites (N-methyl/N-ethyl adjacent to an activating group) is 1. The maximum absolute atomic E-state index is 12.8. The number of carbonyl (C=O) groups is 1. The lowest BCUT2D eigenvalue weighted by atomic mass is 9.86. The molecule has 2 nitrogen and oxygen atoms in total. The van der Waals surface area contributed by atoms with Crippen molar-refractivity contribution in [1.29, 1.82) is 0 Å². The topological polar surface area (TPSA) is 20.3 Å². The van der Waals surface area contributed by atoms with Crippen LogP contribution in [0.1, 0.15) is 48.5 Å². The van der Waals surface area contributed by atoms with Crippen molar-refractivity contribution in [3.05, 3.63) is 35.4 Å². The van der Waals surface area contributed by atoms with Gasteiger partial charge in [-0.1, -0.05) is 44.0 Å². The molecule has 98 valence electrons. The fraction of sp³-hybridized carbons (Fsp3) is 0.562. The van der Waals surface area contributed by atoms with Crippen LogP contribution in [0.3, 0.4) is 0 Å². The molecule has 1 saturated carbocycles. The minimum absolute atomic E-state index is 0.256. The molecule has 0 radical (unpaired) electrons. The number of nitrogens with zero attached hydrogens (tertiary/aromatic N) is 1. The number of hydrogen-bond acceptors (Lipinski definition) is 2. The van der Waals surface area contributed by atoms with Gasteiger partial charge in [-0.05, 0) is 38.9 Å². The molecule has 0 unspecified atom stereocenters. The molecule has 1 fully saturated rings. The van der Waals surface area contributed by atoms with Crippen LogP contribution in [0.15, 0.2) is 24.3 Å². The average molecular weight is 245 g/mol. The molecular formula is C16H23NO. The summed E-state index contributed by atoms with van der Waals surface area (Å²) in [4.78, 5) is 14.9. The van der Waals surface area contributed by atoms with Gasteiger partial charge in [0, 0.05) is 5.56 Å².